The lowest BCUT2D eigenvalue weighted by Gasteiger charge is -2.39. The lowest BCUT2D eigenvalue weighted by Crippen LogP contribution is -2.59. The molecule has 1 fully saturated rings. The van der Waals surface area contributed by atoms with Crippen molar-refractivity contribution < 1.29 is 14.3 Å². The molecule has 1 unspecified atom stereocenters. The number of hydrogen-bond acceptors (Lipinski definition) is 3. The van der Waals surface area contributed by atoms with Crippen LogP contribution in [-0.4, -0.2) is 68.7 Å². The van der Waals surface area contributed by atoms with Crippen LogP contribution in [0.3, 0.4) is 0 Å². The largest absolute Gasteiger partial charge is 0.385 e. The molecular formula is C26H55N2O2+. The van der Waals surface area contributed by atoms with Crippen molar-refractivity contribution in [2.75, 3.05) is 53.0 Å². The van der Waals surface area contributed by atoms with Crippen molar-refractivity contribution in [2.45, 2.75) is 116 Å². The maximum absolute atomic E-state index is 10.2. The van der Waals surface area contributed by atoms with Crippen molar-refractivity contribution in [1.29, 1.82) is 0 Å². The van der Waals surface area contributed by atoms with Gasteiger partial charge in [-0.25, -0.2) is 0 Å². The Kier molecular flexibility index (Phi) is 18.1. The molecular weight excluding hydrogens is 372 g/mol. The van der Waals surface area contributed by atoms with Crippen molar-refractivity contribution in [3.05, 3.63) is 0 Å². The van der Waals surface area contributed by atoms with Gasteiger partial charge in [0.2, 0.25) is 0 Å². The number of likely N-dealkylation sites (N-methyl/N-ethyl adjacent to an activating group) is 1. The highest BCUT2D eigenvalue weighted by Crippen LogP contribution is 2.14. The zero-order valence-corrected chi connectivity index (χ0v) is 20.6. The summed E-state index contributed by atoms with van der Waals surface area (Å²) >= 11 is 0. The first-order valence-corrected chi connectivity index (χ1v) is 13.5. The fourth-order valence-electron chi connectivity index (χ4n) is 4.65. The summed E-state index contributed by atoms with van der Waals surface area (Å²) in [6, 6.07) is 0. The molecule has 30 heavy (non-hydrogen) atoms. The van der Waals surface area contributed by atoms with Gasteiger partial charge < -0.3 is 19.6 Å². The van der Waals surface area contributed by atoms with Gasteiger partial charge >= 0.3 is 0 Å². The van der Waals surface area contributed by atoms with Crippen LogP contribution in [0.15, 0.2) is 0 Å². The normalized spacial score (nSPS) is 17.3. The van der Waals surface area contributed by atoms with Crippen LogP contribution in [0.4, 0.5) is 0 Å². The van der Waals surface area contributed by atoms with Crippen LogP contribution in [-0.2, 0) is 4.74 Å². The van der Waals surface area contributed by atoms with E-state index in [9.17, 15) is 5.11 Å². The molecule has 2 N–H and O–H groups in total. The second-order valence-electron chi connectivity index (χ2n) is 10.0. The number of ether oxygens (including phenoxy) is 1. The zero-order valence-electron chi connectivity index (χ0n) is 20.6. The van der Waals surface area contributed by atoms with E-state index in [1.165, 1.54) is 96.3 Å². The first-order valence-electron chi connectivity index (χ1n) is 13.5. The molecule has 1 aliphatic rings. The Morgan fingerprint density at radius 3 is 1.63 bits per heavy atom. The third kappa shape index (κ3) is 16.5. The molecule has 1 atom stereocenters. The summed E-state index contributed by atoms with van der Waals surface area (Å²) in [5.74, 6) is 0. The van der Waals surface area contributed by atoms with E-state index in [4.69, 9.17) is 4.74 Å². The summed E-state index contributed by atoms with van der Waals surface area (Å²) in [6.07, 6.45) is 22.0. The number of quaternary nitrogens is 1. The van der Waals surface area contributed by atoms with Gasteiger partial charge in [-0.1, -0.05) is 103 Å². The quantitative estimate of drug-likeness (QED) is 0.183. The number of nitrogens with zero attached hydrogens (tertiary/aromatic N) is 1. The molecule has 0 aromatic rings. The SMILES string of the molecule is CCCCCCCCCCCCCCCCCCOCC(O)C[N+]1(C)CCNCC1. The number of nitrogens with one attached hydrogen (secondary N) is 1. The molecule has 1 aliphatic heterocycles. The molecule has 0 aromatic carbocycles. The topological polar surface area (TPSA) is 41.5 Å². The van der Waals surface area contributed by atoms with Gasteiger partial charge in [0, 0.05) is 19.7 Å². The molecule has 1 rings (SSSR count). The highest BCUT2D eigenvalue weighted by atomic mass is 16.5. The molecule has 0 amide bonds. The predicted octanol–water partition coefficient (Wildman–Crippen LogP) is 5.68. The Balaban J connectivity index is 1.74. The van der Waals surface area contributed by atoms with Crippen LogP contribution in [0.5, 0.6) is 0 Å². The average Bonchev–Trinajstić information content (AvgIpc) is 2.73. The fourth-order valence-corrected chi connectivity index (χ4v) is 4.65. The molecule has 0 spiro atoms. The highest BCUT2D eigenvalue weighted by molar-refractivity contribution is 4.60. The van der Waals surface area contributed by atoms with E-state index in [-0.39, 0.29) is 6.10 Å². The van der Waals surface area contributed by atoms with Gasteiger partial charge in [0.15, 0.2) is 0 Å². The number of aliphatic hydroxyl groups is 1. The first kappa shape index (κ1) is 27.9. The third-order valence-electron chi connectivity index (χ3n) is 6.76. The minimum atomic E-state index is -0.325. The Hall–Kier alpha value is -0.160. The Morgan fingerprint density at radius 2 is 1.17 bits per heavy atom. The summed E-state index contributed by atoms with van der Waals surface area (Å²) in [5, 5.41) is 13.6. The second-order valence-corrected chi connectivity index (χ2v) is 10.0. The van der Waals surface area contributed by atoms with Gasteiger partial charge in [0.25, 0.3) is 0 Å². The molecule has 0 saturated carbocycles. The zero-order chi connectivity index (χ0) is 21.8. The summed E-state index contributed by atoms with van der Waals surface area (Å²) in [4.78, 5) is 0. The Bertz CT molecular complexity index is 359. The number of aliphatic hydroxyl groups excluding tert-OH is 1. The second kappa shape index (κ2) is 19.5. The molecule has 1 heterocycles. The van der Waals surface area contributed by atoms with Crippen LogP contribution in [0.1, 0.15) is 110 Å². The molecule has 4 heteroatoms. The molecule has 4 nitrogen and oxygen atoms in total. The van der Waals surface area contributed by atoms with Crippen LogP contribution >= 0.6 is 0 Å². The number of unbranched alkanes of at least 4 members (excludes halogenated alkanes) is 15. The van der Waals surface area contributed by atoms with E-state index in [0.29, 0.717) is 6.61 Å². The predicted molar refractivity (Wildman–Crippen MR) is 130 cm³/mol. The lowest BCUT2D eigenvalue weighted by atomic mass is 10.0. The van der Waals surface area contributed by atoms with Crippen molar-refractivity contribution in [2.24, 2.45) is 0 Å². The van der Waals surface area contributed by atoms with Crippen LogP contribution < -0.4 is 5.32 Å². The molecule has 180 valence electrons. The summed E-state index contributed by atoms with van der Waals surface area (Å²) in [7, 11) is 2.25. The Labute approximate surface area is 188 Å². The van der Waals surface area contributed by atoms with Crippen LogP contribution in [0.2, 0.25) is 0 Å². The Morgan fingerprint density at radius 1 is 0.733 bits per heavy atom. The number of hydrogen-bond donors (Lipinski definition) is 2. The molecule has 0 bridgehead atoms. The van der Waals surface area contributed by atoms with E-state index >= 15 is 0 Å². The summed E-state index contributed by atoms with van der Waals surface area (Å²) in [6.45, 7) is 8.75. The van der Waals surface area contributed by atoms with Crippen molar-refractivity contribution in [3.63, 3.8) is 0 Å². The van der Waals surface area contributed by atoms with Gasteiger partial charge in [-0.3, -0.25) is 0 Å². The van der Waals surface area contributed by atoms with E-state index in [2.05, 4.69) is 19.3 Å². The lowest BCUT2D eigenvalue weighted by molar-refractivity contribution is -0.914. The number of rotatable bonds is 21. The van der Waals surface area contributed by atoms with Gasteiger partial charge in [0.1, 0.15) is 12.6 Å². The summed E-state index contributed by atoms with van der Waals surface area (Å²) < 4.78 is 6.69. The third-order valence-corrected chi connectivity index (χ3v) is 6.76. The highest BCUT2D eigenvalue weighted by Gasteiger charge is 2.27. The van der Waals surface area contributed by atoms with Gasteiger partial charge in [-0.05, 0) is 6.42 Å². The average molecular weight is 428 g/mol. The maximum Gasteiger partial charge on any atom is 0.126 e. The van der Waals surface area contributed by atoms with Gasteiger partial charge in [-0.2, -0.15) is 0 Å². The minimum absolute atomic E-state index is 0.325. The molecule has 0 radical (unpaired) electrons. The van der Waals surface area contributed by atoms with Crippen molar-refractivity contribution in [3.8, 4) is 0 Å². The van der Waals surface area contributed by atoms with Gasteiger partial charge in [0.05, 0.1) is 26.7 Å². The summed E-state index contributed by atoms with van der Waals surface area (Å²) in [5.41, 5.74) is 0. The van der Waals surface area contributed by atoms with Crippen LogP contribution in [0.25, 0.3) is 0 Å². The van der Waals surface area contributed by atoms with E-state index in [1.807, 2.05) is 0 Å². The van der Waals surface area contributed by atoms with E-state index < -0.39 is 0 Å². The smallest absolute Gasteiger partial charge is 0.126 e. The molecule has 0 aromatic heterocycles. The molecule has 0 aliphatic carbocycles. The monoisotopic (exact) mass is 427 g/mol. The maximum atomic E-state index is 10.2. The van der Waals surface area contributed by atoms with Crippen LogP contribution in [0, 0.1) is 0 Å². The van der Waals surface area contributed by atoms with E-state index in [1.54, 1.807) is 0 Å². The number of piperazine rings is 1. The fraction of sp³-hybridized carbons (Fsp3) is 1.00. The van der Waals surface area contributed by atoms with Gasteiger partial charge in [-0.15, -0.1) is 0 Å². The minimum Gasteiger partial charge on any atom is -0.385 e. The van der Waals surface area contributed by atoms with E-state index in [0.717, 1.165) is 50.2 Å². The van der Waals surface area contributed by atoms with Crippen molar-refractivity contribution >= 4 is 0 Å². The first-order chi connectivity index (χ1) is 14.7. The standard InChI is InChI=1S/C26H55N2O2/c1-3-4-5-6-7-8-9-10-11-12-13-14-15-16-17-18-23-30-25-26(29)24-28(2)21-19-27-20-22-28/h26-27,29H,3-25H2,1-2H3/q+1. The van der Waals surface area contributed by atoms with Crippen molar-refractivity contribution in [1.82, 2.24) is 5.32 Å². The molecule has 1 saturated heterocycles.